The van der Waals surface area contributed by atoms with E-state index in [0.29, 0.717) is 13.0 Å². The zero-order valence-electron chi connectivity index (χ0n) is 11.1. The molecule has 0 saturated carbocycles. The number of aryl methyl sites for hydroxylation is 1. The molecule has 1 heterocycles. The van der Waals surface area contributed by atoms with Crippen molar-refractivity contribution in [1.29, 1.82) is 15.8 Å². The highest BCUT2D eigenvalue weighted by molar-refractivity contribution is 5.35. The molecule has 0 spiro atoms. The minimum absolute atomic E-state index is 0.150. The lowest BCUT2D eigenvalue weighted by molar-refractivity contribution is 0.403. The monoisotopic (exact) mass is 256 g/mol. The highest BCUT2D eigenvalue weighted by Crippen LogP contribution is 2.13. The normalized spacial score (nSPS) is 13.0. The zero-order chi connectivity index (χ0) is 14.3. The highest BCUT2D eigenvalue weighted by Gasteiger charge is 2.21. The molecule has 0 radical (unpaired) electrons. The third-order valence-electron chi connectivity index (χ3n) is 2.94. The molecular weight excluding hydrogens is 240 g/mol. The second kappa shape index (κ2) is 6.54. The maximum Gasteiger partial charge on any atom is 0.176 e. The van der Waals surface area contributed by atoms with Crippen LogP contribution in [-0.4, -0.2) is 21.6 Å². The van der Waals surface area contributed by atoms with Crippen LogP contribution in [0, 0.1) is 34.0 Å². The standard InChI is InChI=1S/C13H16N6/c1-3-18-13(2,9-16)5-4-6-19-10-17-11(7-14)12(19)8-15/h10,18H,3-6H2,1-2H3. The first-order chi connectivity index (χ1) is 9.10. The van der Waals surface area contributed by atoms with Gasteiger partial charge in [-0.15, -0.1) is 0 Å². The van der Waals surface area contributed by atoms with Crippen molar-refractivity contribution in [3.8, 4) is 18.2 Å². The molecule has 0 aliphatic carbocycles. The number of rotatable bonds is 6. The van der Waals surface area contributed by atoms with E-state index in [0.717, 1.165) is 13.0 Å². The molecule has 0 saturated heterocycles. The fraction of sp³-hybridized carbons (Fsp3) is 0.538. The van der Waals surface area contributed by atoms with E-state index in [-0.39, 0.29) is 11.4 Å². The van der Waals surface area contributed by atoms with Crippen molar-refractivity contribution in [2.45, 2.75) is 38.8 Å². The van der Waals surface area contributed by atoms with E-state index >= 15 is 0 Å². The molecule has 0 aliphatic heterocycles. The van der Waals surface area contributed by atoms with E-state index in [1.807, 2.05) is 26.0 Å². The Morgan fingerprint density at radius 2 is 2.11 bits per heavy atom. The molecule has 0 aliphatic rings. The Kier molecular flexibility index (Phi) is 5.06. The number of nitrogens with one attached hydrogen (secondary N) is 1. The van der Waals surface area contributed by atoms with E-state index in [1.165, 1.54) is 6.33 Å². The first-order valence-corrected chi connectivity index (χ1v) is 6.11. The molecule has 0 aromatic carbocycles. The fourth-order valence-corrected chi connectivity index (χ4v) is 1.93. The number of nitrogens with zero attached hydrogens (tertiary/aromatic N) is 5. The topological polar surface area (TPSA) is 101 Å². The number of hydrogen-bond acceptors (Lipinski definition) is 5. The van der Waals surface area contributed by atoms with Gasteiger partial charge in [0.1, 0.15) is 17.7 Å². The van der Waals surface area contributed by atoms with Gasteiger partial charge in [-0.1, -0.05) is 6.92 Å². The lowest BCUT2D eigenvalue weighted by atomic mass is 9.97. The first-order valence-electron chi connectivity index (χ1n) is 6.11. The molecule has 1 rings (SSSR count). The van der Waals surface area contributed by atoms with Gasteiger partial charge in [-0.05, 0) is 26.3 Å². The summed E-state index contributed by atoms with van der Waals surface area (Å²) >= 11 is 0. The smallest absolute Gasteiger partial charge is 0.176 e. The average molecular weight is 256 g/mol. The molecule has 0 bridgehead atoms. The Balaban J connectivity index is 2.65. The van der Waals surface area contributed by atoms with Crippen LogP contribution in [0.3, 0.4) is 0 Å². The number of nitriles is 3. The summed E-state index contributed by atoms with van der Waals surface area (Å²) in [6.45, 7) is 5.12. The van der Waals surface area contributed by atoms with Gasteiger partial charge in [-0.25, -0.2) is 4.98 Å². The van der Waals surface area contributed by atoms with Crippen molar-refractivity contribution in [3.63, 3.8) is 0 Å². The summed E-state index contributed by atoms with van der Waals surface area (Å²) in [5.74, 6) is 0. The lowest BCUT2D eigenvalue weighted by Gasteiger charge is -2.22. The third-order valence-corrected chi connectivity index (χ3v) is 2.94. The molecule has 1 aromatic heterocycles. The van der Waals surface area contributed by atoms with Gasteiger partial charge in [0.15, 0.2) is 11.4 Å². The summed E-state index contributed by atoms with van der Waals surface area (Å²) in [5, 5.41) is 30.0. The summed E-state index contributed by atoms with van der Waals surface area (Å²) in [6.07, 6.45) is 2.89. The summed E-state index contributed by atoms with van der Waals surface area (Å²) in [4.78, 5) is 3.88. The van der Waals surface area contributed by atoms with E-state index in [2.05, 4.69) is 16.4 Å². The van der Waals surface area contributed by atoms with Gasteiger partial charge in [0.2, 0.25) is 0 Å². The maximum atomic E-state index is 9.13. The van der Waals surface area contributed by atoms with E-state index < -0.39 is 5.54 Å². The molecule has 6 nitrogen and oxygen atoms in total. The van der Waals surface area contributed by atoms with Gasteiger partial charge in [0.25, 0.3) is 0 Å². The number of hydrogen-bond donors (Lipinski definition) is 1. The van der Waals surface area contributed by atoms with Gasteiger partial charge in [0.05, 0.1) is 12.4 Å². The lowest BCUT2D eigenvalue weighted by Crippen LogP contribution is -2.40. The molecule has 1 atom stereocenters. The van der Waals surface area contributed by atoms with Crippen LogP contribution in [0.15, 0.2) is 6.33 Å². The van der Waals surface area contributed by atoms with Crippen LogP contribution < -0.4 is 5.32 Å². The quantitative estimate of drug-likeness (QED) is 0.826. The van der Waals surface area contributed by atoms with E-state index in [4.69, 9.17) is 15.8 Å². The van der Waals surface area contributed by atoms with Gasteiger partial charge in [-0.3, -0.25) is 5.32 Å². The van der Waals surface area contributed by atoms with Crippen LogP contribution in [0.5, 0.6) is 0 Å². The molecular formula is C13H16N6. The molecule has 1 unspecified atom stereocenters. The fourth-order valence-electron chi connectivity index (χ4n) is 1.93. The minimum atomic E-state index is -0.555. The first kappa shape index (κ1) is 14.7. The van der Waals surface area contributed by atoms with Crippen LogP contribution in [0.25, 0.3) is 0 Å². The van der Waals surface area contributed by atoms with Gasteiger partial charge in [0, 0.05) is 6.54 Å². The Labute approximate surface area is 112 Å². The van der Waals surface area contributed by atoms with Crippen molar-refractivity contribution in [2.75, 3.05) is 6.54 Å². The van der Waals surface area contributed by atoms with Crippen LogP contribution in [0.4, 0.5) is 0 Å². The zero-order valence-corrected chi connectivity index (χ0v) is 11.1. The van der Waals surface area contributed by atoms with Crippen LogP contribution in [-0.2, 0) is 6.54 Å². The Morgan fingerprint density at radius 3 is 2.63 bits per heavy atom. The maximum absolute atomic E-state index is 9.13. The Bertz CT molecular complexity index is 553. The van der Waals surface area contributed by atoms with E-state index in [1.54, 1.807) is 4.57 Å². The summed E-state index contributed by atoms with van der Waals surface area (Å²) in [7, 11) is 0. The van der Waals surface area contributed by atoms with E-state index in [9.17, 15) is 0 Å². The van der Waals surface area contributed by atoms with Gasteiger partial charge >= 0.3 is 0 Å². The predicted molar refractivity (Wildman–Crippen MR) is 68.6 cm³/mol. The second-order valence-electron chi connectivity index (χ2n) is 4.44. The number of aromatic nitrogens is 2. The Morgan fingerprint density at radius 1 is 1.37 bits per heavy atom. The third kappa shape index (κ3) is 3.55. The average Bonchev–Trinajstić information content (AvgIpc) is 2.81. The van der Waals surface area contributed by atoms with Crippen molar-refractivity contribution in [2.24, 2.45) is 0 Å². The van der Waals surface area contributed by atoms with Gasteiger partial charge < -0.3 is 4.57 Å². The van der Waals surface area contributed by atoms with Crippen molar-refractivity contribution in [1.82, 2.24) is 14.9 Å². The summed E-state index contributed by atoms with van der Waals surface area (Å²) < 4.78 is 1.66. The molecule has 0 amide bonds. The van der Waals surface area contributed by atoms with Crippen molar-refractivity contribution < 1.29 is 0 Å². The van der Waals surface area contributed by atoms with Crippen LogP contribution in [0.1, 0.15) is 38.1 Å². The highest BCUT2D eigenvalue weighted by atomic mass is 15.1. The Hall–Kier alpha value is -2.36. The molecule has 19 heavy (non-hydrogen) atoms. The van der Waals surface area contributed by atoms with Crippen LogP contribution in [0.2, 0.25) is 0 Å². The molecule has 1 aromatic rings. The predicted octanol–water partition coefficient (Wildman–Crippen LogP) is 1.30. The number of imidazole rings is 1. The van der Waals surface area contributed by atoms with Crippen molar-refractivity contribution in [3.05, 3.63) is 17.7 Å². The molecule has 6 heteroatoms. The van der Waals surface area contributed by atoms with Gasteiger partial charge in [-0.2, -0.15) is 15.8 Å². The molecule has 98 valence electrons. The summed E-state index contributed by atoms with van der Waals surface area (Å²) in [6, 6.07) is 6.12. The second-order valence-corrected chi connectivity index (χ2v) is 4.44. The van der Waals surface area contributed by atoms with Crippen LogP contribution >= 0.6 is 0 Å². The molecule has 0 fully saturated rings. The largest absolute Gasteiger partial charge is 0.321 e. The molecule has 1 N–H and O–H groups in total. The summed E-state index contributed by atoms with van der Waals surface area (Å²) in [5.41, 5.74) is -0.123. The minimum Gasteiger partial charge on any atom is -0.321 e. The van der Waals surface area contributed by atoms with Crippen molar-refractivity contribution >= 4 is 0 Å². The SMILES string of the molecule is CCNC(C)(C#N)CCCn1cnc(C#N)c1C#N.